The number of hydrogen-bond acceptors (Lipinski definition) is 2. The fourth-order valence-electron chi connectivity index (χ4n) is 1.02. The van der Waals surface area contributed by atoms with Gasteiger partial charge in [0, 0.05) is 22.8 Å². The molecule has 1 heterocycles. The molecule has 0 saturated carbocycles. The van der Waals surface area contributed by atoms with Crippen LogP contribution in [-0.2, 0) is 6.54 Å². The lowest BCUT2D eigenvalue weighted by Crippen LogP contribution is -2.02. The van der Waals surface area contributed by atoms with E-state index in [2.05, 4.69) is 28.9 Å². The molecule has 0 unspecified atom stereocenters. The minimum absolute atomic E-state index is 0.358. The Bertz CT molecular complexity index is 295. The molecule has 0 fully saturated rings. The van der Waals surface area contributed by atoms with E-state index in [1.165, 1.54) is 0 Å². The first-order chi connectivity index (χ1) is 5.75. The predicted molar refractivity (Wildman–Crippen MR) is 45.5 cm³/mol. The molecule has 0 aliphatic carbocycles. The minimum atomic E-state index is 0.358. The van der Waals surface area contributed by atoms with Crippen LogP contribution in [0.5, 0.6) is 0 Å². The van der Waals surface area contributed by atoms with Crippen LogP contribution in [0.4, 0.5) is 0 Å². The third-order valence-electron chi connectivity index (χ3n) is 1.60. The minimum Gasteiger partial charge on any atom is -0.332 e. The van der Waals surface area contributed by atoms with Crippen LogP contribution in [0.1, 0.15) is 25.6 Å². The van der Waals surface area contributed by atoms with Crippen molar-refractivity contribution in [2.75, 3.05) is 0 Å². The molecule has 5 nitrogen and oxygen atoms in total. The van der Waals surface area contributed by atoms with Gasteiger partial charge >= 0.3 is 0 Å². The molecule has 0 saturated heterocycles. The molecular formula is C7H11N5. The summed E-state index contributed by atoms with van der Waals surface area (Å²) < 4.78 is 1.98. The molecular weight excluding hydrogens is 154 g/mol. The van der Waals surface area contributed by atoms with Gasteiger partial charge in [-0.1, -0.05) is 5.11 Å². The summed E-state index contributed by atoms with van der Waals surface area (Å²) in [6, 6.07) is 0.358. The van der Waals surface area contributed by atoms with Crippen molar-refractivity contribution >= 4 is 0 Å². The van der Waals surface area contributed by atoms with Crippen LogP contribution in [0.2, 0.25) is 0 Å². The quantitative estimate of drug-likeness (QED) is 0.385. The zero-order chi connectivity index (χ0) is 8.97. The van der Waals surface area contributed by atoms with Crippen molar-refractivity contribution in [2.45, 2.75) is 26.4 Å². The van der Waals surface area contributed by atoms with E-state index in [9.17, 15) is 0 Å². The van der Waals surface area contributed by atoms with Crippen LogP contribution in [0.25, 0.3) is 10.4 Å². The fourth-order valence-corrected chi connectivity index (χ4v) is 1.02. The Kier molecular flexibility index (Phi) is 2.71. The van der Waals surface area contributed by atoms with E-state index in [0.717, 1.165) is 5.69 Å². The van der Waals surface area contributed by atoms with Crippen LogP contribution in [-0.4, -0.2) is 9.55 Å². The Morgan fingerprint density at radius 1 is 1.75 bits per heavy atom. The van der Waals surface area contributed by atoms with Gasteiger partial charge in [-0.25, -0.2) is 4.98 Å². The van der Waals surface area contributed by atoms with Gasteiger partial charge < -0.3 is 4.57 Å². The van der Waals surface area contributed by atoms with E-state index in [0.29, 0.717) is 12.6 Å². The van der Waals surface area contributed by atoms with E-state index in [-0.39, 0.29) is 0 Å². The number of imidazole rings is 1. The highest BCUT2D eigenvalue weighted by Crippen LogP contribution is 2.09. The lowest BCUT2D eigenvalue weighted by molar-refractivity contribution is 0.574. The second-order valence-corrected chi connectivity index (χ2v) is 2.77. The van der Waals surface area contributed by atoms with Gasteiger partial charge in [0.25, 0.3) is 0 Å². The molecule has 0 N–H and O–H groups in total. The summed E-state index contributed by atoms with van der Waals surface area (Å²) in [4.78, 5) is 6.67. The summed E-state index contributed by atoms with van der Waals surface area (Å²) in [6.45, 7) is 4.48. The first kappa shape index (κ1) is 8.62. The molecule has 0 amide bonds. The molecule has 0 aromatic carbocycles. The Balaban J connectivity index is 2.83. The third kappa shape index (κ3) is 1.77. The lowest BCUT2D eigenvalue weighted by Gasteiger charge is -2.09. The van der Waals surface area contributed by atoms with Crippen LogP contribution < -0.4 is 0 Å². The zero-order valence-corrected chi connectivity index (χ0v) is 7.18. The highest BCUT2D eigenvalue weighted by molar-refractivity contribution is 4.99. The van der Waals surface area contributed by atoms with Crippen molar-refractivity contribution in [2.24, 2.45) is 5.11 Å². The van der Waals surface area contributed by atoms with E-state index in [1.807, 2.05) is 4.57 Å². The maximum atomic E-state index is 8.12. The molecule has 1 aromatic rings. The second kappa shape index (κ2) is 3.78. The summed E-state index contributed by atoms with van der Waals surface area (Å²) in [5.74, 6) is 0. The van der Waals surface area contributed by atoms with Crippen molar-refractivity contribution in [3.63, 3.8) is 0 Å². The molecule has 0 spiro atoms. The lowest BCUT2D eigenvalue weighted by atomic mass is 10.3. The predicted octanol–water partition coefficient (Wildman–Crippen LogP) is 2.27. The highest BCUT2D eigenvalue weighted by Gasteiger charge is 2.02. The molecule has 0 radical (unpaired) electrons. The van der Waals surface area contributed by atoms with Crippen LogP contribution in [0.15, 0.2) is 17.6 Å². The number of nitrogens with zero attached hydrogens (tertiary/aromatic N) is 5. The average molecular weight is 165 g/mol. The maximum absolute atomic E-state index is 8.12. The Morgan fingerprint density at radius 2 is 2.50 bits per heavy atom. The normalized spacial score (nSPS) is 9.92. The smallest absolute Gasteiger partial charge is 0.0950 e. The first-order valence-corrected chi connectivity index (χ1v) is 3.77. The largest absolute Gasteiger partial charge is 0.332 e. The SMILES string of the molecule is CC(C)n1cncc1CN=[N+]=[N-]. The molecule has 0 aliphatic heterocycles. The Morgan fingerprint density at radius 3 is 3.08 bits per heavy atom. The Labute approximate surface area is 70.7 Å². The molecule has 1 aromatic heterocycles. The van der Waals surface area contributed by atoms with Gasteiger partial charge in [-0.15, -0.1) is 0 Å². The third-order valence-corrected chi connectivity index (χ3v) is 1.60. The molecule has 64 valence electrons. The fraction of sp³-hybridized carbons (Fsp3) is 0.571. The van der Waals surface area contributed by atoms with Gasteiger partial charge in [-0.3, -0.25) is 0 Å². The van der Waals surface area contributed by atoms with E-state index < -0.39 is 0 Å². The molecule has 5 heteroatoms. The average Bonchev–Trinajstić information content (AvgIpc) is 2.48. The van der Waals surface area contributed by atoms with Gasteiger partial charge in [0.2, 0.25) is 0 Å². The maximum Gasteiger partial charge on any atom is 0.0950 e. The van der Waals surface area contributed by atoms with Gasteiger partial charge in [0.05, 0.1) is 12.9 Å². The molecule has 12 heavy (non-hydrogen) atoms. The standard InChI is InChI=1S/C7H11N5/c1-6(2)12-5-9-3-7(12)4-10-11-8/h3,5-6H,4H2,1-2H3. The van der Waals surface area contributed by atoms with Crippen molar-refractivity contribution < 1.29 is 0 Å². The van der Waals surface area contributed by atoms with Crippen molar-refractivity contribution in [1.82, 2.24) is 9.55 Å². The van der Waals surface area contributed by atoms with E-state index in [4.69, 9.17) is 5.53 Å². The summed E-state index contributed by atoms with van der Waals surface area (Å²) in [6.07, 6.45) is 3.46. The monoisotopic (exact) mass is 165 g/mol. The van der Waals surface area contributed by atoms with E-state index in [1.54, 1.807) is 12.5 Å². The van der Waals surface area contributed by atoms with Crippen molar-refractivity contribution in [3.8, 4) is 0 Å². The van der Waals surface area contributed by atoms with Crippen LogP contribution >= 0.6 is 0 Å². The topological polar surface area (TPSA) is 66.6 Å². The molecule has 0 bridgehead atoms. The van der Waals surface area contributed by atoms with Gasteiger partial charge in [-0.2, -0.15) is 0 Å². The first-order valence-electron chi connectivity index (χ1n) is 3.77. The summed E-state index contributed by atoms with van der Waals surface area (Å²) in [7, 11) is 0. The molecule has 0 atom stereocenters. The van der Waals surface area contributed by atoms with Gasteiger partial charge in [0.15, 0.2) is 0 Å². The summed E-state index contributed by atoms with van der Waals surface area (Å²) >= 11 is 0. The molecule has 1 rings (SSSR count). The van der Waals surface area contributed by atoms with Crippen molar-refractivity contribution in [1.29, 1.82) is 0 Å². The summed E-state index contributed by atoms with van der Waals surface area (Å²) in [5, 5.41) is 3.48. The second-order valence-electron chi connectivity index (χ2n) is 2.77. The number of azide groups is 1. The highest BCUT2D eigenvalue weighted by atomic mass is 15.2. The molecule has 0 aliphatic rings. The summed E-state index contributed by atoms with van der Waals surface area (Å²) in [5.41, 5.74) is 9.07. The van der Waals surface area contributed by atoms with Crippen molar-refractivity contribution in [3.05, 3.63) is 28.7 Å². The Hall–Kier alpha value is -1.48. The van der Waals surface area contributed by atoms with Gasteiger partial charge in [0.1, 0.15) is 0 Å². The number of aromatic nitrogens is 2. The van der Waals surface area contributed by atoms with Crippen LogP contribution in [0, 0.1) is 0 Å². The zero-order valence-electron chi connectivity index (χ0n) is 7.18. The number of hydrogen-bond donors (Lipinski definition) is 0. The van der Waals surface area contributed by atoms with E-state index >= 15 is 0 Å². The van der Waals surface area contributed by atoms with Gasteiger partial charge in [-0.05, 0) is 19.4 Å². The number of rotatable bonds is 3. The van der Waals surface area contributed by atoms with Crippen LogP contribution in [0.3, 0.4) is 0 Å².